The largest absolute Gasteiger partial charge is 0.489 e. The molecule has 4 heteroatoms. The van der Waals surface area contributed by atoms with Crippen LogP contribution in [-0.4, -0.2) is 11.5 Å². The Morgan fingerprint density at radius 2 is 2.00 bits per heavy atom. The van der Waals surface area contributed by atoms with E-state index >= 15 is 0 Å². The molecule has 0 bridgehead atoms. The molecular formula is C16H13N3O. The number of pyridine rings is 1. The number of ether oxygens (including phenoxy) is 1. The molecule has 1 heterocycles. The van der Waals surface area contributed by atoms with Gasteiger partial charge in [0.25, 0.3) is 0 Å². The number of nitriles is 1. The van der Waals surface area contributed by atoms with Crippen molar-refractivity contribution in [1.29, 1.82) is 5.26 Å². The predicted molar refractivity (Wildman–Crippen MR) is 75.7 cm³/mol. The third kappa shape index (κ3) is 3.84. The Balaban J connectivity index is 1.98. The molecule has 0 amide bonds. The first-order valence-corrected chi connectivity index (χ1v) is 6.08. The minimum Gasteiger partial charge on any atom is -0.489 e. The van der Waals surface area contributed by atoms with E-state index in [1.807, 2.05) is 36.4 Å². The molecular weight excluding hydrogens is 250 g/mol. The van der Waals surface area contributed by atoms with Crippen LogP contribution in [0.4, 0.5) is 0 Å². The fourth-order valence-electron chi connectivity index (χ4n) is 1.58. The normalized spacial score (nSPS) is 9.20. The van der Waals surface area contributed by atoms with Crippen LogP contribution >= 0.6 is 0 Å². The second kappa shape index (κ2) is 6.94. The third-order valence-corrected chi connectivity index (χ3v) is 2.53. The number of rotatable bonds is 3. The Morgan fingerprint density at radius 1 is 1.20 bits per heavy atom. The minimum atomic E-state index is 0.349. The maximum Gasteiger partial charge on any atom is 0.140 e. The number of hydrogen-bond donors (Lipinski definition) is 1. The standard InChI is InChI=1S/C16H13N3O/c17-8-1-2-13-3-5-16(6-4-13)20-12-14-7-9-19-15(10-14)11-18/h3-7,9-10H,8,12,17H2. The van der Waals surface area contributed by atoms with Crippen LogP contribution in [0.2, 0.25) is 0 Å². The van der Waals surface area contributed by atoms with Gasteiger partial charge < -0.3 is 10.5 Å². The first kappa shape index (κ1) is 13.6. The quantitative estimate of drug-likeness (QED) is 0.858. The molecule has 0 radical (unpaired) electrons. The van der Waals surface area contributed by atoms with Crippen molar-refractivity contribution in [2.24, 2.45) is 5.73 Å². The molecule has 0 aliphatic carbocycles. The number of benzene rings is 1. The van der Waals surface area contributed by atoms with Crippen LogP contribution in [0.5, 0.6) is 5.75 Å². The Morgan fingerprint density at radius 3 is 2.70 bits per heavy atom. The van der Waals surface area contributed by atoms with Crippen molar-refractivity contribution in [3.8, 4) is 23.7 Å². The van der Waals surface area contributed by atoms with E-state index in [4.69, 9.17) is 15.7 Å². The average molecular weight is 263 g/mol. The van der Waals surface area contributed by atoms with Gasteiger partial charge in [-0.2, -0.15) is 5.26 Å². The molecule has 2 rings (SSSR count). The van der Waals surface area contributed by atoms with E-state index in [0.717, 1.165) is 16.9 Å². The van der Waals surface area contributed by atoms with E-state index in [-0.39, 0.29) is 0 Å². The molecule has 0 spiro atoms. The van der Waals surface area contributed by atoms with Crippen molar-refractivity contribution in [2.75, 3.05) is 6.54 Å². The molecule has 2 N–H and O–H groups in total. The van der Waals surface area contributed by atoms with Crippen LogP contribution < -0.4 is 10.5 Å². The molecule has 1 aromatic heterocycles. The highest BCUT2D eigenvalue weighted by Crippen LogP contribution is 2.14. The van der Waals surface area contributed by atoms with Crippen molar-refractivity contribution < 1.29 is 4.74 Å². The first-order valence-electron chi connectivity index (χ1n) is 6.08. The Bertz CT molecular complexity index is 675. The van der Waals surface area contributed by atoms with Gasteiger partial charge in [-0.15, -0.1) is 0 Å². The molecule has 0 atom stereocenters. The first-order chi connectivity index (χ1) is 9.81. The molecule has 0 unspecified atom stereocenters. The van der Waals surface area contributed by atoms with Gasteiger partial charge in [0.2, 0.25) is 0 Å². The van der Waals surface area contributed by atoms with Gasteiger partial charge in [0.1, 0.15) is 24.1 Å². The summed E-state index contributed by atoms with van der Waals surface area (Å²) in [5, 5.41) is 8.77. The Hall–Kier alpha value is -2.82. The molecule has 0 aliphatic rings. The van der Waals surface area contributed by atoms with Crippen LogP contribution in [0.3, 0.4) is 0 Å². The zero-order valence-electron chi connectivity index (χ0n) is 10.8. The zero-order valence-corrected chi connectivity index (χ0v) is 10.8. The molecule has 0 aliphatic heterocycles. The molecule has 0 saturated heterocycles. The highest BCUT2D eigenvalue weighted by molar-refractivity contribution is 5.38. The molecule has 2 aromatic rings. The van der Waals surface area contributed by atoms with E-state index in [0.29, 0.717) is 18.8 Å². The van der Waals surface area contributed by atoms with Crippen molar-refractivity contribution in [2.45, 2.75) is 6.61 Å². The summed E-state index contributed by atoms with van der Waals surface area (Å²) in [4.78, 5) is 3.91. The minimum absolute atomic E-state index is 0.349. The fraction of sp³-hybridized carbons (Fsp3) is 0.125. The third-order valence-electron chi connectivity index (χ3n) is 2.53. The van der Waals surface area contributed by atoms with Crippen molar-refractivity contribution in [3.63, 3.8) is 0 Å². The van der Waals surface area contributed by atoms with Crippen LogP contribution in [0.15, 0.2) is 42.6 Å². The highest BCUT2D eigenvalue weighted by atomic mass is 16.5. The summed E-state index contributed by atoms with van der Waals surface area (Å²) in [7, 11) is 0. The van der Waals surface area contributed by atoms with Crippen molar-refractivity contribution in [1.82, 2.24) is 4.98 Å². The summed E-state index contributed by atoms with van der Waals surface area (Å²) >= 11 is 0. The lowest BCUT2D eigenvalue weighted by molar-refractivity contribution is 0.306. The van der Waals surface area contributed by atoms with E-state index in [2.05, 4.69) is 16.8 Å². The van der Waals surface area contributed by atoms with Gasteiger partial charge in [0.15, 0.2) is 0 Å². The molecule has 98 valence electrons. The summed E-state index contributed by atoms with van der Waals surface area (Å²) in [6, 6.07) is 13.0. The number of hydrogen-bond acceptors (Lipinski definition) is 4. The van der Waals surface area contributed by atoms with Crippen molar-refractivity contribution >= 4 is 0 Å². The summed E-state index contributed by atoms with van der Waals surface area (Å²) in [6.45, 7) is 0.743. The van der Waals surface area contributed by atoms with Crippen LogP contribution in [0.25, 0.3) is 0 Å². The molecule has 4 nitrogen and oxygen atoms in total. The zero-order chi connectivity index (χ0) is 14.2. The lowest BCUT2D eigenvalue weighted by Crippen LogP contribution is -1.97. The second-order valence-corrected chi connectivity index (χ2v) is 3.98. The predicted octanol–water partition coefficient (Wildman–Crippen LogP) is 1.84. The van der Waals surface area contributed by atoms with Gasteiger partial charge in [-0.1, -0.05) is 11.8 Å². The lowest BCUT2D eigenvalue weighted by Gasteiger charge is -2.06. The average Bonchev–Trinajstić information content (AvgIpc) is 2.52. The Labute approximate surface area is 117 Å². The van der Waals surface area contributed by atoms with Gasteiger partial charge in [-0.25, -0.2) is 4.98 Å². The van der Waals surface area contributed by atoms with Gasteiger partial charge in [0.05, 0.1) is 6.54 Å². The number of nitrogens with two attached hydrogens (primary N) is 1. The number of aromatic nitrogens is 1. The van der Waals surface area contributed by atoms with Gasteiger partial charge in [0, 0.05) is 11.8 Å². The van der Waals surface area contributed by atoms with Crippen LogP contribution in [-0.2, 0) is 6.61 Å². The van der Waals surface area contributed by atoms with Crippen molar-refractivity contribution in [3.05, 3.63) is 59.4 Å². The maximum absolute atomic E-state index is 8.77. The summed E-state index contributed by atoms with van der Waals surface area (Å²) in [5.41, 5.74) is 7.51. The fourth-order valence-corrected chi connectivity index (χ4v) is 1.58. The molecule has 0 fully saturated rings. The molecule has 0 saturated carbocycles. The van der Waals surface area contributed by atoms with Gasteiger partial charge in [-0.3, -0.25) is 0 Å². The van der Waals surface area contributed by atoms with Crippen LogP contribution in [0.1, 0.15) is 16.8 Å². The highest BCUT2D eigenvalue weighted by Gasteiger charge is 1.98. The molecule has 1 aromatic carbocycles. The summed E-state index contributed by atoms with van der Waals surface area (Å²) < 4.78 is 5.64. The maximum atomic E-state index is 8.77. The van der Waals surface area contributed by atoms with Gasteiger partial charge >= 0.3 is 0 Å². The summed E-state index contributed by atoms with van der Waals surface area (Å²) in [5.74, 6) is 6.49. The SMILES string of the molecule is N#Cc1cc(COc2ccc(C#CCN)cc2)ccn1. The van der Waals surface area contributed by atoms with Crippen LogP contribution in [0, 0.1) is 23.2 Å². The topological polar surface area (TPSA) is 71.9 Å². The second-order valence-electron chi connectivity index (χ2n) is 3.98. The monoisotopic (exact) mass is 263 g/mol. The molecule has 20 heavy (non-hydrogen) atoms. The van der Waals surface area contributed by atoms with E-state index < -0.39 is 0 Å². The van der Waals surface area contributed by atoms with E-state index in [1.54, 1.807) is 12.3 Å². The lowest BCUT2D eigenvalue weighted by atomic mass is 10.2. The van der Waals surface area contributed by atoms with E-state index in [9.17, 15) is 0 Å². The van der Waals surface area contributed by atoms with E-state index in [1.165, 1.54) is 0 Å². The smallest absolute Gasteiger partial charge is 0.140 e. The Kier molecular flexibility index (Phi) is 4.72. The van der Waals surface area contributed by atoms with Gasteiger partial charge in [-0.05, 0) is 42.0 Å². The summed E-state index contributed by atoms with van der Waals surface area (Å²) in [6.07, 6.45) is 1.60. The number of nitrogens with zero attached hydrogens (tertiary/aromatic N) is 2.